The van der Waals surface area contributed by atoms with Crippen molar-refractivity contribution < 1.29 is 9.59 Å². The minimum absolute atomic E-state index is 0.168. The van der Waals surface area contributed by atoms with Gasteiger partial charge >= 0.3 is 0 Å². The molecule has 0 saturated heterocycles. The van der Waals surface area contributed by atoms with Crippen LogP contribution in [0.15, 0.2) is 40.9 Å². The second-order valence-electron chi connectivity index (χ2n) is 9.66. The second kappa shape index (κ2) is 9.15. The largest absolute Gasteiger partial charge is 0.325 e. The van der Waals surface area contributed by atoms with E-state index in [-0.39, 0.29) is 35.6 Å². The maximum Gasteiger partial charge on any atom is 0.236 e. The molecule has 2 aromatic rings. The van der Waals surface area contributed by atoms with E-state index >= 15 is 0 Å². The number of nitrogens with zero attached hydrogens (tertiary/aromatic N) is 1. The van der Waals surface area contributed by atoms with Crippen molar-refractivity contribution in [3.8, 4) is 0 Å². The number of aryl methyl sites for hydroxylation is 1. The first-order valence-corrected chi connectivity index (χ1v) is 11.8. The normalized spacial score (nSPS) is 15.2. The van der Waals surface area contributed by atoms with Crippen molar-refractivity contribution in [2.24, 2.45) is 0 Å². The monoisotopic (exact) mass is 484 g/mol. The molecule has 3 rings (SSSR count). The summed E-state index contributed by atoms with van der Waals surface area (Å²) < 4.78 is 1.00. The third-order valence-electron chi connectivity index (χ3n) is 6.09. The average molecular weight is 485 g/mol. The molecule has 166 valence electrons. The van der Waals surface area contributed by atoms with Crippen LogP contribution in [0.2, 0.25) is 0 Å². The van der Waals surface area contributed by atoms with E-state index in [1.165, 1.54) is 0 Å². The molecule has 2 aromatic carbocycles. The molecule has 1 aliphatic rings. The molecule has 0 aromatic heterocycles. The van der Waals surface area contributed by atoms with Crippen LogP contribution in [0.3, 0.4) is 0 Å². The number of hydrogen-bond acceptors (Lipinski definition) is 2. The molecule has 2 amide bonds. The highest BCUT2D eigenvalue weighted by atomic mass is 79.9. The molecule has 0 unspecified atom stereocenters. The van der Waals surface area contributed by atoms with Gasteiger partial charge in [0.15, 0.2) is 0 Å². The summed E-state index contributed by atoms with van der Waals surface area (Å²) in [4.78, 5) is 28.2. The number of halogens is 1. The zero-order chi connectivity index (χ0) is 22.9. The highest BCUT2D eigenvalue weighted by Gasteiger charge is 2.37. The van der Waals surface area contributed by atoms with Crippen molar-refractivity contribution in [1.82, 2.24) is 0 Å². The van der Waals surface area contributed by atoms with E-state index in [0.29, 0.717) is 0 Å². The van der Waals surface area contributed by atoms with Gasteiger partial charge in [0.1, 0.15) is 6.42 Å². The van der Waals surface area contributed by atoms with Crippen molar-refractivity contribution in [1.29, 1.82) is 0 Å². The molecular formula is C26H33BrN2O2. The van der Waals surface area contributed by atoms with Gasteiger partial charge in [-0.05, 0) is 73.4 Å². The number of carbonyl (C=O) groups excluding carboxylic acids is 2. The lowest BCUT2D eigenvalue weighted by Gasteiger charge is -2.43. The van der Waals surface area contributed by atoms with Gasteiger partial charge in [0, 0.05) is 21.4 Å². The predicted octanol–water partition coefficient (Wildman–Crippen LogP) is 6.78. The zero-order valence-electron chi connectivity index (χ0n) is 19.4. The van der Waals surface area contributed by atoms with Crippen LogP contribution in [0.4, 0.5) is 11.4 Å². The van der Waals surface area contributed by atoms with Gasteiger partial charge in [-0.3, -0.25) is 9.59 Å². The minimum atomic E-state index is -0.336. The third kappa shape index (κ3) is 5.03. The number of rotatable bonds is 5. The number of fused-ring (bicyclic) bond motifs is 1. The summed E-state index contributed by atoms with van der Waals surface area (Å²) in [6, 6.07) is 12.1. The first-order valence-electron chi connectivity index (χ1n) is 11.1. The average Bonchev–Trinajstić information content (AvgIpc) is 2.67. The van der Waals surface area contributed by atoms with E-state index in [1.807, 2.05) is 23.1 Å². The molecule has 5 heteroatoms. The lowest BCUT2D eigenvalue weighted by atomic mass is 9.86. The fourth-order valence-electron chi connectivity index (χ4n) is 4.42. The molecule has 0 bridgehead atoms. The number of hydrogen-bond donors (Lipinski definition) is 1. The number of para-hydroxylation sites is 1. The Morgan fingerprint density at radius 1 is 1.06 bits per heavy atom. The number of carbonyl (C=O) groups is 2. The van der Waals surface area contributed by atoms with Gasteiger partial charge in [0.05, 0.1) is 0 Å². The molecular weight excluding hydrogens is 452 g/mol. The number of amides is 2. The Morgan fingerprint density at radius 3 is 2.26 bits per heavy atom. The maximum absolute atomic E-state index is 13.4. The molecule has 31 heavy (non-hydrogen) atoms. The van der Waals surface area contributed by atoms with Crippen LogP contribution >= 0.6 is 15.9 Å². The van der Waals surface area contributed by atoms with Crippen LogP contribution in [0.25, 0.3) is 0 Å². The minimum Gasteiger partial charge on any atom is -0.325 e. The highest BCUT2D eigenvalue weighted by Crippen LogP contribution is 2.39. The Labute approximate surface area is 194 Å². The SMILES string of the molecule is CC(C)c1cccc(C(C)C)c1NC(=O)CC(=O)N1c2ccc(Br)cc2CCC1(C)C. The number of nitrogens with one attached hydrogen (secondary N) is 1. The summed E-state index contributed by atoms with van der Waals surface area (Å²) in [6.45, 7) is 12.6. The smallest absolute Gasteiger partial charge is 0.236 e. The molecule has 0 radical (unpaired) electrons. The van der Waals surface area contributed by atoms with Crippen molar-refractivity contribution in [3.63, 3.8) is 0 Å². The topological polar surface area (TPSA) is 49.4 Å². The van der Waals surface area contributed by atoms with E-state index in [9.17, 15) is 9.59 Å². The molecule has 0 saturated carbocycles. The molecule has 0 aliphatic carbocycles. The van der Waals surface area contributed by atoms with Crippen LogP contribution < -0.4 is 10.2 Å². The van der Waals surface area contributed by atoms with Gasteiger partial charge in [-0.1, -0.05) is 61.8 Å². The molecule has 1 N–H and O–H groups in total. The predicted molar refractivity (Wildman–Crippen MR) is 132 cm³/mol. The van der Waals surface area contributed by atoms with E-state index < -0.39 is 0 Å². The van der Waals surface area contributed by atoms with Crippen LogP contribution in [0.1, 0.15) is 82.9 Å². The van der Waals surface area contributed by atoms with Gasteiger partial charge in [-0.2, -0.15) is 0 Å². The van der Waals surface area contributed by atoms with Gasteiger partial charge < -0.3 is 10.2 Å². The highest BCUT2D eigenvalue weighted by molar-refractivity contribution is 9.10. The first kappa shape index (κ1) is 23.5. The Hall–Kier alpha value is -2.14. The molecule has 0 atom stereocenters. The summed E-state index contributed by atoms with van der Waals surface area (Å²) >= 11 is 3.52. The molecule has 1 heterocycles. The Bertz CT molecular complexity index is 969. The van der Waals surface area contributed by atoms with Crippen LogP contribution in [0, 0.1) is 0 Å². The lowest BCUT2D eigenvalue weighted by Crippen LogP contribution is -2.51. The first-order chi connectivity index (χ1) is 14.5. The van der Waals surface area contributed by atoms with Crippen molar-refractivity contribution in [2.75, 3.05) is 10.2 Å². The summed E-state index contributed by atoms with van der Waals surface area (Å²) in [5.41, 5.74) is 4.75. The van der Waals surface area contributed by atoms with Gasteiger partial charge in [-0.25, -0.2) is 0 Å². The second-order valence-corrected chi connectivity index (χ2v) is 10.6. The summed E-state index contributed by atoms with van der Waals surface area (Å²) in [5, 5.41) is 3.08. The molecule has 0 spiro atoms. The van der Waals surface area contributed by atoms with E-state index in [1.54, 1.807) is 0 Å². The molecule has 1 aliphatic heterocycles. The maximum atomic E-state index is 13.4. The summed E-state index contributed by atoms with van der Waals surface area (Å²) in [6.07, 6.45) is 1.59. The summed E-state index contributed by atoms with van der Waals surface area (Å²) in [7, 11) is 0. The van der Waals surface area contributed by atoms with Crippen molar-refractivity contribution >= 4 is 39.1 Å². The zero-order valence-corrected chi connectivity index (χ0v) is 21.0. The lowest BCUT2D eigenvalue weighted by molar-refractivity contribution is -0.125. The molecule has 4 nitrogen and oxygen atoms in total. The number of anilines is 2. The van der Waals surface area contributed by atoms with E-state index in [2.05, 4.69) is 81.0 Å². The molecule has 0 fully saturated rings. The van der Waals surface area contributed by atoms with Crippen LogP contribution in [0.5, 0.6) is 0 Å². The third-order valence-corrected chi connectivity index (χ3v) is 6.59. The number of benzene rings is 2. The Kier molecular flexibility index (Phi) is 6.95. The Balaban J connectivity index is 1.86. The van der Waals surface area contributed by atoms with E-state index in [4.69, 9.17) is 0 Å². The standard InChI is InChI=1S/C26H33BrN2O2/c1-16(2)20-8-7-9-21(17(3)4)25(20)28-23(30)15-24(31)29-22-11-10-19(27)14-18(22)12-13-26(29,5)6/h7-11,14,16-17H,12-13,15H2,1-6H3,(H,28,30). The van der Waals surface area contributed by atoms with Gasteiger partial charge in [0.2, 0.25) is 11.8 Å². The fourth-order valence-corrected chi connectivity index (χ4v) is 4.83. The van der Waals surface area contributed by atoms with Crippen LogP contribution in [-0.2, 0) is 16.0 Å². The van der Waals surface area contributed by atoms with Crippen LogP contribution in [-0.4, -0.2) is 17.4 Å². The van der Waals surface area contributed by atoms with Gasteiger partial charge in [-0.15, -0.1) is 0 Å². The summed E-state index contributed by atoms with van der Waals surface area (Å²) in [5.74, 6) is 0.117. The quantitative estimate of drug-likeness (QED) is 0.475. The van der Waals surface area contributed by atoms with Gasteiger partial charge in [0.25, 0.3) is 0 Å². The van der Waals surface area contributed by atoms with Crippen molar-refractivity contribution in [2.45, 2.75) is 78.2 Å². The fraction of sp³-hybridized carbons (Fsp3) is 0.462. The van der Waals surface area contributed by atoms with E-state index in [0.717, 1.165) is 45.4 Å². The van der Waals surface area contributed by atoms with Crippen molar-refractivity contribution in [3.05, 3.63) is 57.6 Å². The Morgan fingerprint density at radius 2 is 1.68 bits per heavy atom.